The van der Waals surface area contributed by atoms with Crippen LogP contribution in [0.5, 0.6) is 5.75 Å². The summed E-state index contributed by atoms with van der Waals surface area (Å²) in [6, 6.07) is 13.2. The summed E-state index contributed by atoms with van der Waals surface area (Å²) >= 11 is 0. The number of nitrogens with zero attached hydrogens (tertiary/aromatic N) is 3. The van der Waals surface area contributed by atoms with Crippen molar-refractivity contribution >= 4 is 17.3 Å². The van der Waals surface area contributed by atoms with E-state index >= 15 is 0 Å². The number of anilines is 2. The van der Waals surface area contributed by atoms with Crippen LogP contribution in [0, 0.1) is 5.82 Å². The van der Waals surface area contributed by atoms with E-state index in [0.29, 0.717) is 23.2 Å². The smallest absolute Gasteiger partial charge is 0.264 e. The molecule has 6 heteroatoms. The van der Waals surface area contributed by atoms with Gasteiger partial charge >= 0.3 is 0 Å². The first-order valence-corrected chi connectivity index (χ1v) is 10.8. The minimum absolute atomic E-state index is 0. The molecule has 1 heterocycles. The van der Waals surface area contributed by atoms with Crippen molar-refractivity contribution < 1.29 is 15.3 Å². The zero-order valence-electron chi connectivity index (χ0n) is 19.5. The number of hydrogen-bond donors (Lipinski definition) is 0. The third-order valence-electron chi connectivity index (χ3n) is 6.01. The Labute approximate surface area is 186 Å². The van der Waals surface area contributed by atoms with Crippen LogP contribution < -0.4 is 14.5 Å². The van der Waals surface area contributed by atoms with Crippen molar-refractivity contribution in [3.8, 4) is 5.75 Å². The third kappa shape index (κ3) is 5.56. The molecule has 3 rings (SSSR count). The maximum absolute atomic E-state index is 14.8. The summed E-state index contributed by atoms with van der Waals surface area (Å²) in [5, 5.41) is 0. The summed E-state index contributed by atoms with van der Waals surface area (Å²) < 4.78 is 20.5. The summed E-state index contributed by atoms with van der Waals surface area (Å²) in [7, 11) is 5.74. The minimum Gasteiger partial charge on any atom is -0.484 e. The Kier molecular flexibility index (Phi) is 6.90. The molecule has 1 unspecified atom stereocenters. The standard InChI is InChI=1S/C25H34FN3O2.H2/c1-25(2,3)18-7-10-21(11-8-18)31-17-24(30)28(6)19-9-12-23(22(26)15-19)29-14-13-20(16-29)27(4)5;/h7-12,15,20H,13-14,16-17H2,1-6H3;1H. The molecule has 0 N–H and O–H groups in total. The van der Waals surface area contributed by atoms with Crippen LogP contribution in [0.25, 0.3) is 0 Å². The average molecular weight is 430 g/mol. The molecule has 31 heavy (non-hydrogen) atoms. The average Bonchev–Trinajstić information content (AvgIpc) is 3.21. The van der Waals surface area contributed by atoms with E-state index < -0.39 is 0 Å². The Morgan fingerprint density at radius 1 is 1.16 bits per heavy atom. The zero-order chi connectivity index (χ0) is 22.8. The minimum atomic E-state index is -0.310. The summed E-state index contributed by atoms with van der Waals surface area (Å²) in [5.74, 6) is 0.0943. The van der Waals surface area contributed by atoms with Crippen LogP contribution >= 0.6 is 0 Å². The van der Waals surface area contributed by atoms with Gasteiger partial charge in [0.15, 0.2) is 6.61 Å². The van der Waals surface area contributed by atoms with Crippen molar-refractivity contribution in [1.29, 1.82) is 0 Å². The molecule has 1 aliphatic heterocycles. The lowest BCUT2D eigenvalue weighted by atomic mass is 9.87. The van der Waals surface area contributed by atoms with Crippen molar-refractivity contribution in [2.45, 2.75) is 38.6 Å². The van der Waals surface area contributed by atoms with Gasteiger partial charge in [0, 0.05) is 33.3 Å². The van der Waals surface area contributed by atoms with Crippen molar-refractivity contribution in [3.05, 3.63) is 53.8 Å². The SMILES string of the molecule is CN(C(=O)COc1ccc(C(C)(C)C)cc1)c1ccc(N2CCC(N(C)C)C2)c(F)c1.[HH]. The topological polar surface area (TPSA) is 36.0 Å². The van der Waals surface area contributed by atoms with Crippen molar-refractivity contribution in [2.24, 2.45) is 0 Å². The molecule has 0 bridgehead atoms. The number of amides is 1. The number of carbonyl (C=O) groups excluding carboxylic acids is 1. The highest BCUT2D eigenvalue weighted by Crippen LogP contribution is 2.28. The second kappa shape index (κ2) is 9.27. The monoisotopic (exact) mass is 429 g/mol. The van der Waals surface area contributed by atoms with E-state index in [1.54, 1.807) is 19.2 Å². The number of carbonyl (C=O) groups is 1. The molecular formula is C25H36FN3O2. The zero-order valence-corrected chi connectivity index (χ0v) is 19.5. The van der Waals surface area contributed by atoms with Gasteiger partial charge in [-0.15, -0.1) is 0 Å². The Morgan fingerprint density at radius 3 is 2.39 bits per heavy atom. The van der Waals surface area contributed by atoms with E-state index in [1.807, 2.05) is 24.3 Å². The number of ether oxygens (including phenoxy) is 1. The van der Waals surface area contributed by atoms with Crippen LogP contribution in [0.15, 0.2) is 42.5 Å². The molecule has 0 spiro atoms. The lowest BCUT2D eigenvalue weighted by molar-refractivity contribution is -0.120. The maximum Gasteiger partial charge on any atom is 0.264 e. The number of likely N-dealkylation sites (N-methyl/N-ethyl adjacent to an activating group) is 2. The Balaban J connectivity index is 0.00000363. The fraction of sp³-hybridized carbons (Fsp3) is 0.480. The van der Waals surface area contributed by atoms with Crippen LogP contribution in [0.4, 0.5) is 15.8 Å². The number of halogens is 1. The molecule has 0 aromatic heterocycles. The summed E-state index contributed by atoms with van der Waals surface area (Å²) in [4.78, 5) is 18.3. The maximum atomic E-state index is 14.8. The van der Waals surface area contributed by atoms with Gasteiger partial charge in [0.25, 0.3) is 5.91 Å². The number of hydrogen-bond acceptors (Lipinski definition) is 4. The summed E-state index contributed by atoms with van der Waals surface area (Å²) in [6.45, 7) is 7.98. The van der Waals surface area contributed by atoms with Gasteiger partial charge in [-0.2, -0.15) is 0 Å². The van der Waals surface area contributed by atoms with Gasteiger partial charge in [-0.05, 0) is 61.8 Å². The Hall–Kier alpha value is -2.60. The second-order valence-corrected chi connectivity index (χ2v) is 9.50. The highest BCUT2D eigenvalue weighted by molar-refractivity contribution is 5.94. The quantitative estimate of drug-likeness (QED) is 0.675. The molecule has 2 aromatic carbocycles. The van der Waals surface area contributed by atoms with E-state index in [9.17, 15) is 9.18 Å². The highest BCUT2D eigenvalue weighted by Gasteiger charge is 2.26. The van der Waals surface area contributed by atoms with Crippen LogP contribution in [0.2, 0.25) is 0 Å². The van der Waals surface area contributed by atoms with Crippen molar-refractivity contribution in [3.63, 3.8) is 0 Å². The molecular weight excluding hydrogens is 393 g/mol. The Bertz CT molecular complexity index is 912. The van der Waals surface area contributed by atoms with Gasteiger partial charge in [-0.25, -0.2) is 4.39 Å². The highest BCUT2D eigenvalue weighted by atomic mass is 19.1. The second-order valence-electron chi connectivity index (χ2n) is 9.50. The van der Waals surface area contributed by atoms with Crippen LogP contribution in [0.3, 0.4) is 0 Å². The normalized spacial score (nSPS) is 16.6. The molecule has 0 radical (unpaired) electrons. The molecule has 170 valence electrons. The molecule has 1 aliphatic rings. The summed E-state index contributed by atoms with van der Waals surface area (Å²) in [6.07, 6.45) is 1.01. The lowest BCUT2D eigenvalue weighted by Crippen LogP contribution is -2.32. The largest absolute Gasteiger partial charge is 0.484 e. The number of rotatable bonds is 6. The van der Waals surface area contributed by atoms with Gasteiger partial charge in [0.05, 0.1) is 5.69 Å². The van der Waals surface area contributed by atoms with E-state index in [1.165, 1.54) is 16.5 Å². The molecule has 2 aromatic rings. The van der Waals surface area contributed by atoms with Crippen molar-refractivity contribution in [1.82, 2.24) is 4.90 Å². The fourth-order valence-corrected chi connectivity index (χ4v) is 3.78. The van der Waals surface area contributed by atoms with Gasteiger partial charge in [-0.1, -0.05) is 32.9 Å². The van der Waals surface area contributed by atoms with E-state index in [0.717, 1.165) is 19.5 Å². The van der Waals surface area contributed by atoms with Gasteiger partial charge in [0.2, 0.25) is 0 Å². The predicted molar refractivity (Wildman–Crippen MR) is 127 cm³/mol. The molecule has 1 fully saturated rings. The van der Waals surface area contributed by atoms with Crippen molar-refractivity contribution in [2.75, 3.05) is 50.6 Å². The molecule has 0 aliphatic carbocycles. The first-order chi connectivity index (χ1) is 14.6. The van der Waals surface area contributed by atoms with E-state index in [2.05, 4.69) is 44.7 Å². The Morgan fingerprint density at radius 2 is 1.84 bits per heavy atom. The van der Waals surface area contributed by atoms with Crippen LogP contribution in [-0.2, 0) is 10.2 Å². The molecule has 1 amide bonds. The van der Waals surface area contributed by atoms with E-state index in [-0.39, 0.29) is 25.2 Å². The molecule has 1 saturated heterocycles. The third-order valence-corrected chi connectivity index (χ3v) is 6.01. The van der Waals surface area contributed by atoms with Gasteiger partial charge in [-0.3, -0.25) is 4.79 Å². The first kappa shape index (κ1) is 23.1. The molecule has 5 nitrogen and oxygen atoms in total. The van der Waals surface area contributed by atoms with E-state index in [4.69, 9.17) is 4.74 Å². The fourth-order valence-electron chi connectivity index (χ4n) is 3.78. The van der Waals surface area contributed by atoms with Gasteiger partial charge < -0.3 is 19.4 Å². The summed E-state index contributed by atoms with van der Waals surface area (Å²) in [5.41, 5.74) is 2.37. The molecule has 1 atom stereocenters. The first-order valence-electron chi connectivity index (χ1n) is 10.8. The lowest BCUT2D eigenvalue weighted by Gasteiger charge is -2.24. The van der Waals surface area contributed by atoms with Crippen LogP contribution in [-0.4, -0.2) is 57.7 Å². The predicted octanol–water partition coefficient (Wildman–Crippen LogP) is 4.55. The van der Waals surface area contributed by atoms with Crippen LogP contribution in [0.1, 0.15) is 34.2 Å². The number of benzene rings is 2. The molecule has 0 saturated carbocycles. The van der Waals surface area contributed by atoms with Gasteiger partial charge in [0.1, 0.15) is 11.6 Å².